The Hall–Kier alpha value is -0.930. The molecule has 2 N–H and O–H groups in total. The fourth-order valence-electron chi connectivity index (χ4n) is 2.85. The molecule has 0 amide bonds. The number of rotatable bonds is 1. The highest BCUT2D eigenvalue weighted by Gasteiger charge is 2.32. The average molecular weight is 203 g/mol. The van der Waals surface area contributed by atoms with Gasteiger partial charge in [-0.1, -0.05) is 6.07 Å². The number of aromatic nitrogens is 1. The Morgan fingerprint density at radius 1 is 1.40 bits per heavy atom. The quantitative estimate of drug-likeness (QED) is 0.743. The van der Waals surface area contributed by atoms with E-state index >= 15 is 0 Å². The van der Waals surface area contributed by atoms with Crippen LogP contribution in [-0.4, -0.2) is 29.0 Å². The molecule has 0 aromatic carbocycles. The van der Waals surface area contributed by atoms with Crippen LogP contribution in [0.4, 0.5) is 0 Å². The molecule has 2 aliphatic rings. The Kier molecular flexibility index (Phi) is 2.22. The lowest BCUT2D eigenvalue weighted by Gasteiger charge is -2.23. The van der Waals surface area contributed by atoms with Crippen LogP contribution >= 0.6 is 0 Å². The van der Waals surface area contributed by atoms with Gasteiger partial charge in [-0.3, -0.25) is 9.88 Å². The molecule has 2 heterocycles. The van der Waals surface area contributed by atoms with E-state index in [-0.39, 0.29) is 0 Å². The third kappa shape index (κ3) is 1.56. The molecule has 0 saturated carbocycles. The normalized spacial score (nSPS) is 30.7. The molecule has 1 aromatic heterocycles. The van der Waals surface area contributed by atoms with E-state index in [9.17, 15) is 0 Å². The highest BCUT2D eigenvalue weighted by Crippen LogP contribution is 2.35. The number of hydrogen-bond donors (Lipinski definition) is 1. The molecule has 15 heavy (non-hydrogen) atoms. The van der Waals surface area contributed by atoms with Crippen LogP contribution in [0.1, 0.15) is 30.1 Å². The maximum absolute atomic E-state index is 5.95. The van der Waals surface area contributed by atoms with Crippen molar-refractivity contribution in [2.75, 3.05) is 13.1 Å². The van der Waals surface area contributed by atoms with Crippen LogP contribution < -0.4 is 5.73 Å². The lowest BCUT2D eigenvalue weighted by molar-refractivity contribution is 0.238. The summed E-state index contributed by atoms with van der Waals surface area (Å²) in [6.45, 7) is 2.18. The van der Waals surface area contributed by atoms with Gasteiger partial charge < -0.3 is 5.73 Å². The second-order valence-electron chi connectivity index (χ2n) is 4.65. The number of pyridine rings is 1. The van der Waals surface area contributed by atoms with Crippen LogP contribution in [0.3, 0.4) is 0 Å². The Labute approximate surface area is 90.3 Å². The predicted octanol–water partition coefficient (Wildman–Crippen LogP) is 1.10. The summed E-state index contributed by atoms with van der Waals surface area (Å²) in [6, 6.07) is 5.16. The van der Waals surface area contributed by atoms with E-state index in [0.29, 0.717) is 12.1 Å². The molecular weight excluding hydrogens is 186 g/mol. The highest BCUT2D eigenvalue weighted by atomic mass is 15.2. The number of aryl methyl sites for hydroxylation is 1. The van der Waals surface area contributed by atoms with E-state index in [1.54, 1.807) is 0 Å². The summed E-state index contributed by atoms with van der Waals surface area (Å²) in [5.41, 5.74) is 8.68. The van der Waals surface area contributed by atoms with Gasteiger partial charge in [0.15, 0.2) is 0 Å². The molecule has 80 valence electrons. The Morgan fingerprint density at radius 3 is 3.13 bits per heavy atom. The minimum absolute atomic E-state index is 0.373. The highest BCUT2D eigenvalue weighted by molar-refractivity contribution is 5.28. The third-order valence-corrected chi connectivity index (χ3v) is 3.63. The first kappa shape index (κ1) is 9.31. The molecule has 1 fully saturated rings. The molecule has 1 aliphatic heterocycles. The van der Waals surface area contributed by atoms with Gasteiger partial charge in [-0.05, 0) is 30.9 Å². The van der Waals surface area contributed by atoms with Crippen LogP contribution in [0.2, 0.25) is 0 Å². The first-order valence-electron chi connectivity index (χ1n) is 5.78. The molecule has 1 aliphatic carbocycles. The van der Waals surface area contributed by atoms with Crippen LogP contribution in [0.15, 0.2) is 18.3 Å². The van der Waals surface area contributed by atoms with Crippen LogP contribution in [-0.2, 0) is 6.42 Å². The molecule has 2 unspecified atom stereocenters. The fraction of sp³-hybridized carbons (Fsp3) is 0.583. The topological polar surface area (TPSA) is 42.1 Å². The molecule has 3 heteroatoms. The van der Waals surface area contributed by atoms with E-state index in [0.717, 1.165) is 19.5 Å². The average Bonchev–Trinajstić information content (AvgIpc) is 2.83. The first-order valence-corrected chi connectivity index (χ1v) is 5.78. The van der Waals surface area contributed by atoms with Crippen molar-refractivity contribution in [3.8, 4) is 0 Å². The SMILES string of the molecule is NC1CCN(C2CCc3cccnc32)C1. The number of likely N-dealkylation sites (tertiary alicyclic amines) is 1. The summed E-state index contributed by atoms with van der Waals surface area (Å²) in [5.74, 6) is 0. The van der Waals surface area contributed by atoms with Crippen molar-refractivity contribution in [2.24, 2.45) is 5.73 Å². The second kappa shape index (κ2) is 3.58. The van der Waals surface area contributed by atoms with Gasteiger partial charge in [0.1, 0.15) is 0 Å². The molecule has 2 atom stereocenters. The maximum Gasteiger partial charge on any atom is 0.0607 e. The zero-order valence-corrected chi connectivity index (χ0v) is 8.89. The summed E-state index contributed by atoms with van der Waals surface area (Å²) >= 11 is 0. The zero-order valence-electron chi connectivity index (χ0n) is 8.89. The van der Waals surface area contributed by atoms with E-state index < -0.39 is 0 Å². The summed E-state index contributed by atoms with van der Waals surface area (Å²) in [7, 11) is 0. The van der Waals surface area contributed by atoms with E-state index in [1.807, 2.05) is 12.3 Å². The van der Waals surface area contributed by atoms with Crippen molar-refractivity contribution in [3.63, 3.8) is 0 Å². The summed E-state index contributed by atoms with van der Waals surface area (Å²) in [6.07, 6.45) is 5.45. The van der Waals surface area contributed by atoms with Gasteiger partial charge in [-0.2, -0.15) is 0 Å². The van der Waals surface area contributed by atoms with Gasteiger partial charge in [0.25, 0.3) is 0 Å². The van der Waals surface area contributed by atoms with E-state index in [2.05, 4.69) is 16.0 Å². The van der Waals surface area contributed by atoms with Gasteiger partial charge in [0.2, 0.25) is 0 Å². The van der Waals surface area contributed by atoms with Crippen molar-refractivity contribution < 1.29 is 0 Å². The third-order valence-electron chi connectivity index (χ3n) is 3.63. The summed E-state index contributed by atoms with van der Waals surface area (Å²) in [5, 5.41) is 0. The molecule has 0 radical (unpaired) electrons. The molecular formula is C12H17N3. The minimum Gasteiger partial charge on any atom is -0.326 e. The largest absolute Gasteiger partial charge is 0.326 e. The van der Waals surface area contributed by atoms with Gasteiger partial charge in [-0.25, -0.2) is 0 Å². The number of fused-ring (bicyclic) bond motifs is 1. The zero-order chi connectivity index (χ0) is 10.3. The van der Waals surface area contributed by atoms with Gasteiger partial charge in [0, 0.05) is 25.3 Å². The Bertz CT molecular complexity index is 364. The first-order chi connectivity index (χ1) is 7.34. The minimum atomic E-state index is 0.373. The smallest absolute Gasteiger partial charge is 0.0607 e. The van der Waals surface area contributed by atoms with Crippen LogP contribution in [0, 0.1) is 0 Å². The Balaban J connectivity index is 1.85. The molecule has 3 nitrogen and oxygen atoms in total. The summed E-state index contributed by atoms with van der Waals surface area (Å²) < 4.78 is 0. The lowest BCUT2D eigenvalue weighted by atomic mass is 10.2. The predicted molar refractivity (Wildman–Crippen MR) is 59.5 cm³/mol. The lowest BCUT2D eigenvalue weighted by Crippen LogP contribution is -2.29. The van der Waals surface area contributed by atoms with Crippen molar-refractivity contribution in [3.05, 3.63) is 29.6 Å². The van der Waals surface area contributed by atoms with Gasteiger partial charge in [0.05, 0.1) is 11.7 Å². The van der Waals surface area contributed by atoms with E-state index in [4.69, 9.17) is 5.73 Å². The van der Waals surface area contributed by atoms with Crippen LogP contribution in [0.25, 0.3) is 0 Å². The molecule has 1 aromatic rings. The maximum atomic E-state index is 5.95. The van der Waals surface area contributed by atoms with Gasteiger partial charge in [-0.15, -0.1) is 0 Å². The standard InChI is InChI=1S/C12H17N3/c13-10-5-7-15(8-10)11-4-3-9-2-1-6-14-12(9)11/h1-2,6,10-11H,3-5,7-8,13H2. The molecule has 1 saturated heterocycles. The number of hydrogen-bond acceptors (Lipinski definition) is 3. The number of nitrogens with two attached hydrogens (primary N) is 1. The molecule has 0 spiro atoms. The second-order valence-corrected chi connectivity index (χ2v) is 4.65. The fourth-order valence-corrected chi connectivity index (χ4v) is 2.85. The van der Waals surface area contributed by atoms with Crippen molar-refractivity contribution >= 4 is 0 Å². The van der Waals surface area contributed by atoms with Crippen molar-refractivity contribution in [2.45, 2.75) is 31.3 Å². The van der Waals surface area contributed by atoms with Gasteiger partial charge >= 0.3 is 0 Å². The number of nitrogens with zero attached hydrogens (tertiary/aromatic N) is 2. The van der Waals surface area contributed by atoms with Crippen molar-refractivity contribution in [1.82, 2.24) is 9.88 Å². The van der Waals surface area contributed by atoms with Crippen LogP contribution in [0.5, 0.6) is 0 Å². The van der Waals surface area contributed by atoms with Crippen molar-refractivity contribution in [1.29, 1.82) is 0 Å². The summed E-state index contributed by atoms with van der Waals surface area (Å²) in [4.78, 5) is 7.03. The molecule has 3 rings (SSSR count). The Morgan fingerprint density at radius 2 is 2.33 bits per heavy atom. The molecule has 0 bridgehead atoms. The monoisotopic (exact) mass is 203 g/mol. The van der Waals surface area contributed by atoms with E-state index in [1.165, 1.54) is 24.1 Å².